The Bertz CT molecular complexity index is 925. The third-order valence-corrected chi connectivity index (χ3v) is 4.07. The molecular formula is C19H21ClN6O2. The minimum atomic E-state index is -0.206. The van der Waals surface area contributed by atoms with Gasteiger partial charge in [-0.3, -0.25) is 4.79 Å². The van der Waals surface area contributed by atoms with Crippen LogP contribution in [0.15, 0.2) is 42.5 Å². The van der Waals surface area contributed by atoms with Gasteiger partial charge in [-0.05, 0) is 56.3 Å². The number of aromatic nitrogens is 4. The van der Waals surface area contributed by atoms with Gasteiger partial charge in [0.2, 0.25) is 0 Å². The maximum Gasteiger partial charge on any atom is 0.258 e. The Balaban J connectivity index is 1.38. The van der Waals surface area contributed by atoms with Crippen LogP contribution in [0.1, 0.15) is 11.4 Å². The normalized spacial score (nSPS) is 10.5. The van der Waals surface area contributed by atoms with Crippen LogP contribution in [0.25, 0.3) is 5.82 Å². The molecule has 8 nitrogen and oxygen atoms in total. The lowest BCUT2D eigenvalue weighted by Gasteiger charge is -2.09. The average Bonchev–Trinajstić information content (AvgIpc) is 3.03. The van der Waals surface area contributed by atoms with E-state index < -0.39 is 0 Å². The highest BCUT2D eigenvalue weighted by atomic mass is 35.5. The molecule has 2 heterocycles. The highest BCUT2D eigenvalue weighted by molar-refractivity contribution is 6.30. The molecule has 146 valence electrons. The van der Waals surface area contributed by atoms with Gasteiger partial charge in [-0.25, -0.2) is 4.68 Å². The Morgan fingerprint density at radius 1 is 1.11 bits per heavy atom. The molecule has 3 rings (SSSR count). The summed E-state index contributed by atoms with van der Waals surface area (Å²) in [5.41, 5.74) is 1.92. The number of aryl methyl sites for hydroxylation is 2. The Kier molecular flexibility index (Phi) is 6.44. The first kappa shape index (κ1) is 19.6. The second-order valence-corrected chi connectivity index (χ2v) is 6.57. The van der Waals surface area contributed by atoms with E-state index in [1.165, 1.54) is 0 Å². The zero-order chi connectivity index (χ0) is 19.9. The zero-order valence-electron chi connectivity index (χ0n) is 15.6. The Morgan fingerprint density at radius 2 is 1.89 bits per heavy atom. The summed E-state index contributed by atoms with van der Waals surface area (Å²) in [6.45, 7) is 4.79. The van der Waals surface area contributed by atoms with Gasteiger partial charge in [-0.15, -0.1) is 10.2 Å². The molecule has 2 N–H and O–H groups in total. The lowest BCUT2D eigenvalue weighted by Crippen LogP contribution is -2.32. The number of carbonyl (C=O) groups excluding carboxylic acids is 1. The van der Waals surface area contributed by atoms with Crippen molar-refractivity contribution >= 4 is 23.3 Å². The van der Waals surface area contributed by atoms with Crippen molar-refractivity contribution in [1.29, 1.82) is 0 Å². The second kappa shape index (κ2) is 9.18. The number of nitrogens with zero attached hydrogens (tertiary/aromatic N) is 4. The zero-order valence-corrected chi connectivity index (χ0v) is 16.4. The molecule has 0 unspecified atom stereocenters. The first-order chi connectivity index (χ1) is 13.5. The van der Waals surface area contributed by atoms with Crippen molar-refractivity contribution < 1.29 is 9.53 Å². The van der Waals surface area contributed by atoms with Gasteiger partial charge in [0.25, 0.3) is 5.91 Å². The number of hydrogen-bond acceptors (Lipinski definition) is 6. The van der Waals surface area contributed by atoms with Crippen LogP contribution in [-0.2, 0) is 4.79 Å². The van der Waals surface area contributed by atoms with Crippen molar-refractivity contribution in [3.63, 3.8) is 0 Å². The maximum absolute atomic E-state index is 11.8. The van der Waals surface area contributed by atoms with Gasteiger partial charge < -0.3 is 15.4 Å². The van der Waals surface area contributed by atoms with Gasteiger partial charge in [0.15, 0.2) is 12.4 Å². The Labute approximate surface area is 167 Å². The predicted molar refractivity (Wildman–Crippen MR) is 107 cm³/mol. The third-order valence-electron chi connectivity index (χ3n) is 3.81. The molecule has 9 heteroatoms. The molecule has 0 spiro atoms. The van der Waals surface area contributed by atoms with Crippen molar-refractivity contribution in [1.82, 2.24) is 25.3 Å². The fourth-order valence-electron chi connectivity index (χ4n) is 2.52. The third kappa shape index (κ3) is 5.43. The number of halogens is 1. The molecule has 1 aromatic carbocycles. The number of carbonyl (C=O) groups is 1. The van der Waals surface area contributed by atoms with Crippen LogP contribution in [0, 0.1) is 13.8 Å². The molecule has 3 aromatic rings. The van der Waals surface area contributed by atoms with Crippen LogP contribution in [0.2, 0.25) is 5.02 Å². The molecule has 0 fully saturated rings. The quantitative estimate of drug-likeness (QED) is 0.564. The molecule has 0 aliphatic heterocycles. The molecule has 1 amide bonds. The Hall–Kier alpha value is -3.13. The number of amides is 1. The van der Waals surface area contributed by atoms with E-state index in [2.05, 4.69) is 25.9 Å². The van der Waals surface area contributed by atoms with Gasteiger partial charge >= 0.3 is 0 Å². The summed E-state index contributed by atoms with van der Waals surface area (Å²) in [6.07, 6.45) is 0. The number of nitrogens with one attached hydrogen (secondary N) is 2. The summed E-state index contributed by atoms with van der Waals surface area (Å²) in [5.74, 6) is 1.67. The number of ether oxygens (including phenoxy) is 1. The lowest BCUT2D eigenvalue weighted by molar-refractivity contribution is -0.123. The van der Waals surface area contributed by atoms with Crippen LogP contribution in [0.4, 0.5) is 5.82 Å². The predicted octanol–water partition coefficient (Wildman–Crippen LogP) is 2.54. The minimum absolute atomic E-state index is 0.0568. The summed E-state index contributed by atoms with van der Waals surface area (Å²) in [5, 5.41) is 19.2. The van der Waals surface area contributed by atoms with Crippen molar-refractivity contribution in [2.45, 2.75) is 13.8 Å². The summed E-state index contributed by atoms with van der Waals surface area (Å²) < 4.78 is 7.13. The maximum atomic E-state index is 11.8. The summed E-state index contributed by atoms with van der Waals surface area (Å²) >= 11 is 5.80. The van der Waals surface area contributed by atoms with Gasteiger partial charge in [0.1, 0.15) is 11.6 Å². The SMILES string of the molecule is Cc1cc(C)n(-c2ccc(NCCNC(=O)COc3ccc(Cl)cc3)nn2)n1. The summed E-state index contributed by atoms with van der Waals surface area (Å²) in [4.78, 5) is 11.8. The minimum Gasteiger partial charge on any atom is -0.484 e. The largest absolute Gasteiger partial charge is 0.484 e. The fraction of sp³-hybridized carbons (Fsp3) is 0.263. The molecule has 0 aliphatic carbocycles. The number of rotatable bonds is 8. The van der Waals surface area contributed by atoms with Crippen LogP contribution >= 0.6 is 11.6 Å². The second-order valence-electron chi connectivity index (χ2n) is 6.14. The van der Waals surface area contributed by atoms with Crippen molar-refractivity contribution in [2.24, 2.45) is 0 Å². The van der Waals surface area contributed by atoms with Crippen LogP contribution in [0.3, 0.4) is 0 Å². The van der Waals surface area contributed by atoms with Gasteiger partial charge in [-0.2, -0.15) is 5.10 Å². The van der Waals surface area contributed by atoms with Crippen LogP contribution in [0.5, 0.6) is 5.75 Å². The van der Waals surface area contributed by atoms with Gasteiger partial charge in [0.05, 0.1) is 5.69 Å². The smallest absolute Gasteiger partial charge is 0.258 e. The average molecular weight is 401 g/mol. The summed E-state index contributed by atoms with van der Waals surface area (Å²) in [6, 6.07) is 12.5. The Morgan fingerprint density at radius 3 is 2.54 bits per heavy atom. The first-order valence-corrected chi connectivity index (χ1v) is 9.15. The number of anilines is 1. The molecule has 0 saturated carbocycles. The molecule has 0 saturated heterocycles. The van der Waals surface area contributed by atoms with Crippen molar-refractivity contribution in [2.75, 3.05) is 25.0 Å². The van der Waals surface area contributed by atoms with Crippen molar-refractivity contribution in [3.05, 3.63) is 58.9 Å². The topological polar surface area (TPSA) is 94.0 Å². The molecule has 0 bridgehead atoms. The first-order valence-electron chi connectivity index (χ1n) is 8.77. The summed E-state index contributed by atoms with van der Waals surface area (Å²) in [7, 11) is 0. The molecule has 2 aromatic heterocycles. The van der Waals surface area contributed by atoms with Crippen LogP contribution in [-0.4, -0.2) is 45.6 Å². The molecule has 28 heavy (non-hydrogen) atoms. The highest BCUT2D eigenvalue weighted by Crippen LogP contribution is 2.15. The van der Waals surface area contributed by atoms with E-state index in [-0.39, 0.29) is 12.5 Å². The van der Waals surface area contributed by atoms with E-state index >= 15 is 0 Å². The van der Waals surface area contributed by atoms with E-state index in [0.29, 0.717) is 35.5 Å². The standard InChI is InChI=1S/C19H21ClN6O2/c1-13-11-14(2)26(25-13)18-8-7-17(23-24-18)21-9-10-22-19(27)12-28-16-5-3-15(20)4-6-16/h3-8,11H,9-10,12H2,1-2H3,(H,21,23)(H,22,27). The fourth-order valence-corrected chi connectivity index (χ4v) is 2.64. The van der Waals surface area contributed by atoms with Gasteiger partial charge in [-0.1, -0.05) is 11.6 Å². The molecular weight excluding hydrogens is 380 g/mol. The molecule has 0 atom stereocenters. The molecule has 0 aliphatic rings. The van der Waals surface area contributed by atoms with Gasteiger partial charge in [0, 0.05) is 23.8 Å². The highest BCUT2D eigenvalue weighted by Gasteiger charge is 2.06. The van der Waals surface area contributed by atoms with E-state index in [1.807, 2.05) is 32.0 Å². The van der Waals surface area contributed by atoms with Crippen molar-refractivity contribution in [3.8, 4) is 11.6 Å². The monoisotopic (exact) mass is 400 g/mol. The number of benzene rings is 1. The van der Waals surface area contributed by atoms with E-state index in [4.69, 9.17) is 16.3 Å². The lowest BCUT2D eigenvalue weighted by atomic mass is 10.3. The van der Waals surface area contributed by atoms with Crippen LogP contribution < -0.4 is 15.4 Å². The van der Waals surface area contributed by atoms with E-state index in [0.717, 1.165) is 11.4 Å². The van der Waals surface area contributed by atoms with E-state index in [9.17, 15) is 4.79 Å². The van der Waals surface area contributed by atoms with E-state index in [1.54, 1.807) is 28.9 Å². The number of hydrogen-bond donors (Lipinski definition) is 2. The molecule has 0 radical (unpaired) electrons.